The van der Waals surface area contributed by atoms with Crippen molar-refractivity contribution in [1.29, 1.82) is 0 Å². The summed E-state index contributed by atoms with van der Waals surface area (Å²) in [5.41, 5.74) is 8.33. The van der Waals surface area contributed by atoms with Gasteiger partial charge in [0, 0.05) is 25.7 Å². The van der Waals surface area contributed by atoms with Crippen LogP contribution in [-0.2, 0) is 16.6 Å². The molecule has 0 amide bonds. The Kier molecular flexibility index (Phi) is 4.72. The van der Waals surface area contributed by atoms with Crippen molar-refractivity contribution in [3.8, 4) is 0 Å². The van der Waals surface area contributed by atoms with E-state index in [1.807, 2.05) is 34.0 Å². The fraction of sp³-hybridized carbons (Fsp3) is 0.600. The topological polar surface area (TPSA) is 66.6 Å². The van der Waals surface area contributed by atoms with E-state index >= 15 is 0 Å². The first kappa shape index (κ1) is 16.4. The highest BCUT2D eigenvalue weighted by molar-refractivity contribution is 7.89. The lowest BCUT2D eigenvalue weighted by Crippen LogP contribution is -2.34. The van der Waals surface area contributed by atoms with Crippen molar-refractivity contribution in [2.24, 2.45) is 5.73 Å². The lowest BCUT2D eigenvalue weighted by Gasteiger charge is -2.22. The van der Waals surface area contributed by atoms with E-state index in [2.05, 4.69) is 4.90 Å². The van der Waals surface area contributed by atoms with Crippen molar-refractivity contribution < 1.29 is 8.42 Å². The van der Waals surface area contributed by atoms with Gasteiger partial charge in [0.1, 0.15) is 0 Å². The van der Waals surface area contributed by atoms with Gasteiger partial charge in [0.2, 0.25) is 10.0 Å². The molecule has 0 bridgehead atoms. The van der Waals surface area contributed by atoms with Crippen molar-refractivity contribution in [2.45, 2.75) is 37.8 Å². The summed E-state index contributed by atoms with van der Waals surface area (Å²) >= 11 is 0. The Morgan fingerprint density at radius 2 is 2.00 bits per heavy atom. The molecular weight excluding hydrogens is 286 g/mol. The molecule has 2 N–H and O–H groups in total. The van der Waals surface area contributed by atoms with Crippen molar-refractivity contribution in [3.63, 3.8) is 0 Å². The fourth-order valence-corrected chi connectivity index (χ4v) is 4.61. The van der Waals surface area contributed by atoms with E-state index in [4.69, 9.17) is 5.73 Å². The second-order valence-corrected chi connectivity index (χ2v) is 7.92. The third kappa shape index (κ3) is 3.13. The number of benzene rings is 1. The van der Waals surface area contributed by atoms with Gasteiger partial charge in [-0.15, -0.1) is 0 Å². The minimum Gasteiger partial charge on any atom is -0.326 e. The molecule has 0 aliphatic carbocycles. The van der Waals surface area contributed by atoms with Gasteiger partial charge in [-0.1, -0.05) is 6.07 Å². The summed E-state index contributed by atoms with van der Waals surface area (Å²) in [5, 5.41) is 0. The minimum absolute atomic E-state index is 0.291. The van der Waals surface area contributed by atoms with E-state index in [1.165, 1.54) is 0 Å². The average molecular weight is 311 g/mol. The summed E-state index contributed by atoms with van der Waals surface area (Å²) in [6.07, 6.45) is 0.876. The largest absolute Gasteiger partial charge is 0.326 e. The lowest BCUT2D eigenvalue weighted by atomic mass is 10.1. The van der Waals surface area contributed by atoms with Crippen molar-refractivity contribution in [3.05, 3.63) is 28.8 Å². The summed E-state index contributed by atoms with van der Waals surface area (Å²) in [7, 11) is 0.543. The third-order valence-corrected chi connectivity index (χ3v) is 6.38. The monoisotopic (exact) mass is 311 g/mol. The van der Waals surface area contributed by atoms with E-state index in [-0.39, 0.29) is 0 Å². The van der Waals surface area contributed by atoms with Crippen LogP contribution in [0.1, 0.15) is 23.1 Å². The van der Waals surface area contributed by atoms with Gasteiger partial charge < -0.3 is 10.6 Å². The van der Waals surface area contributed by atoms with E-state index in [0.717, 1.165) is 23.1 Å². The molecular formula is C15H25N3O2S. The molecule has 1 atom stereocenters. The van der Waals surface area contributed by atoms with Crippen molar-refractivity contribution in [2.75, 3.05) is 27.2 Å². The van der Waals surface area contributed by atoms with Gasteiger partial charge in [0.15, 0.2) is 0 Å². The first-order chi connectivity index (χ1) is 9.77. The van der Waals surface area contributed by atoms with Crippen LogP contribution in [0.25, 0.3) is 0 Å². The Bertz CT molecular complexity index is 626. The van der Waals surface area contributed by atoms with Gasteiger partial charge in [-0.3, -0.25) is 0 Å². The molecule has 21 heavy (non-hydrogen) atoms. The molecule has 1 aliphatic heterocycles. The number of rotatable bonds is 4. The normalized spacial score (nSPS) is 20.4. The van der Waals surface area contributed by atoms with Crippen LogP contribution in [0, 0.1) is 13.8 Å². The summed E-state index contributed by atoms with van der Waals surface area (Å²) < 4.78 is 27.4. The zero-order valence-electron chi connectivity index (χ0n) is 13.3. The average Bonchev–Trinajstić information content (AvgIpc) is 2.92. The van der Waals surface area contributed by atoms with E-state index in [1.54, 1.807) is 10.4 Å². The Morgan fingerprint density at radius 1 is 1.33 bits per heavy atom. The van der Waals surface area contributed by atoms with E-state index in [9.17, 15) is 8.42 Å². The fourth-order valence-electron chi connectivity index (χ4n) is 2.77. The Morgan fingerprint density at radius 3 is 2.52 bits per heavy atom. The van der Waals surface area contributed by atoms with Gasteiger partial charge >= 0.3 is 0 Å². The number of nitrogens with two attached hydrogens (primary N) is 1. The minimum atomic E-state index is -3.44. The summed E-state index contributed by atoms with van der Waals surface area (Å²) in [5.74, 6) is 0. The SMILES string of the molecule is Cc1cc(CN)cc(S(=O)(=O)N2CCC(N(C)C)C2)c1C. The second-order valence-electron chi connectivity index (χ2n) is 6.01. The van der Waals surface area contributed by atoms with Gasteiger partial charge in [-0.05, 0) is 57.1 Å². The van der Waals surface area contributed by atoms with Crippen LogP contribution in [0.4, 0.5) is 0 Å². The third-order valence-electron chi connectivity index (χ3n) is 4.39. The summed E-state index contributed by atoms with van der Waals surface area (Å²) in [6, 6.07) is 3.97. The predicted octanol–water partition coefficient (Wildman–Crippen LogP) is 1.09. The highest BCUT2D eigenvalue weighted by atomic mass is 32.2. The molecule has 1 aromatic rings. The number of aryl methyl sites for hydroxylation is 1. The molecule has 1 fully saturated rings. The van der Waals surface area contributed by atoms with Crippen LogP contribution in [0.5, 0.6) is 0 Å². The van der Waals surface area contributed by atoms with Crippen molar-refractivity contribution >= 4 is 10.0 Å². The molecule has 1 heterocycles. The van der Waals surface area contributed by atoms with Crippen LogP contribution in [0.3, 0.4) is 0 Å². The summed E-state index contributed by atoms with van der Waals surface area (Å²) in [6.45, 7) is 5.28. The molecule has 2 rings (SSSR count). The molecule has 6 heteroatoms. The van der Waals surface area contributed by atoms with Crippen LogP contribution in [-0.4, -0.2) is 50.8 Å². The molecule has 0 spiro atoms. The first-order valence-corrected chi connectivity index (χ1v) is 8.68. The molecule has 0 radical (unpaired) electrons. The maximum Gasteiger partial charge on any atom is 0.243 e. The molecule has 0 saturated carbocycles. The highest BCUT2D eigenvalue weighted by Crippen LogP contribution is 2.27. The molecule has 1 aromatic carbocycles. The smallest absolute Gasteiger partial charge is 0.243 e. The lowest BCUT2D eigenvalue weighted by molar-refractivity contribution is 0.302. The van der Waals surface area contributed by atoms with E-state index < -0.39 is 10.0 Å². The van der Waals surface area contributed by atoms with Gasteiger partial charge in [-0.2, -0.15) is 4.31 Å². The Labute approximate surface area is 127 Å². The quantitative estimate of drug-likeness (QED) is 0.904. The molecule has 1 saturated heterocycles. The maximum absolute atomic E-state index is 12.9. The molecule has 5 nitrogen and oxygen atoms in total. The molecule has 0 aromatic heterocycles. The summed E-state index contributed by atoms with van der Waals surface area (Å²) in [4.78, 5) is 2.49. The highest BCUT2D eigenvalue weighted by Gasteiger charge is 2.34. The van der Waals surface area contributed by atoms with Crippen LogP contribution in [0.15, 0.2) is 17.0 Å². The van der Waals surface area contributed by atoms with Gasteiger partial charge in [0.05, 0.1) is 4.90 Å². The number of hydrogen-bond acceptors (Lipinski definition) is 4. The zero-order valence-corrected chi connectivity index (χ0v) is 14.1. The number of hydrogen-bond donors (Lipinski definition) is 1. The first-order valence-electron chi connectivity index (χ1n) is 7.24. The zero-order chi connectivity index (χ0) is 15.8. The predicted molar refractivity (Wildman–Crippen MR) is 84.7 cm³/mol. The van der Waals surface area contributed by atoms with Crippen LogP contribution >= 0.6 is 0 Å². The number of sulfonamides is 1. The molecule has 1 aliphatic rings. The van der Waals surface area contributed by atoms with Gasteiger partial charge in [-0.25, -0.2) is 8.42 Å². The Balaban J connectivity index is 2.39. The van der Waals surface area contributed by atoms with E-state index in [0.29, 0.717) is 30.6 Å². The maximum atomic E-state index is 12.9. The number of likely N-dealkylation sites (N-methyl/N-ethyl adjacent to an activating group) is 1. The Hall–Kier alpha value is -0.950. The van der Waals surface area contributed by atoms with Crippen molar-refractivity contribution in [1.82, 2.24) is 9.21 Å². The molecule has 1 unspecified atom stereocenters. The van der Waals surface area contributed by atoms with Crippen LogP contribution < -0.4 is 5.73 Å². The standard InChI is InChI=1S/C15H25N3O2S/c1-11-7-13(9-16)8-15(12(11)2)21(19,20)18-6-5-14(10-18)17(3)4/h7-8,14H,5-6,9-10,16H2,1-4H3. The number of nitrogens with zero attached hydrogens (tertiary/aromatic N) is 2. The van der Waals surface area contributed by atoms with Crippen LogP contribution in [0.2, 0.25) is 0 Å². The van der Waals surface area contributed by atoms with Gasteiger partial charge in [0.25, 0.3) is 0 Å². The molecule has 118 valence electrons. The second kappa shape index (κ2) is 6.04.